The Morgan fingerprint density at radius 1 is 1.32 bits per heavy atom. The van der Waals surface area contributed by atoms with Crippen LogP contribution in [0, 0.1) is 0 Å². The van der Waals surface area contributed by atoms with Crippen LogP contribution in [0.25, 0.3) is 0 Å². The first-order chi connectivity index (χ1) is 13.7. The molecule has 0 radical (unpaired) electrons. The molecular formula is C19H28ClN7O. The van der Waals surface area contributed by atoms with Crippen LogP contribution in [-0.4, -0.2) is 65.0 Å². The van der Waals surface area contributed by atoms with Gasteiger partial charge >= 0.3 is 0 Å². The number of nitrogens with one attached hydrogen (secondary N) is 2. The Labute approximate surface area is 170 Å². The predicted octanol–water partition coefficient (Wildman–Crippen LogP) is 1.60. The minimum absolute atomic E-state index is 0.182. The zero-order valence-corrected chi connectivity index (χ0v) is 17.2. The van der Waals surface area contributed by atoms with Crippen LogP contribution in [-0.2, 0) is 18.3 Å². The van der Waals surface area contributed by atoms with E-state index in [4.69, 9.17) is 16.3 Å². The number of hydrogen-bond acceptors (Lipinski definition) is 5. The lowest BCUT2D eigenvalue weighted by Gasteiger charge is -2.35. The lowest BCUT2D eigenvalue weighted by molar-refractivity contribution is 0.0170. The summed E-state index contributed by atoms with van der Waals surface area (Å²) in [5.74, 6) is 1.57. The molecule has 1 aliphatic rings. The van der Waals surface area contributed by atoms with Crippen molar-refractivity contribution in [3.05, 3.63) is 47.0 Å². The molecule has 1 aliphatic heterocycles. The summed E-state index contributed by atoms with van der Waals surface area (Å²) in [5, 5.41) is 11.6. The molecule has 3 rings (SSSR count). The van der Waals surface area contributed by atoms with Gasteiger partial charge in [0.2, 0.25) is 0 Å². The minimum Gasteiger partial charge on any atom is -0.379 e. The summed E-state index contributed by atoms with van der Waals surface area (Å²) in [4.78, 5) is 11.3. The number of aryl methyl sites for hydroxylation is 1. The highest BCUT2D eigenvalue weighted by atomic mass is 35.5. The molecule has 152 valence electrons. The normalized spacial score (nSPS) is 16.8. The van der Waals surface area contributed by atoms with Crippen LogP contribution in [0.1, 0.15) is 24.4 Å². The molecule has 8 nitrogen and oxygen atoms in total. The van der Waals surface area contributed by atoms with Crippen LogP contribution >= 0.6 is 11.6 Å². The van der Waals surface area contributed by atoms with Gasteiger partial charge in [-0.25, -0.2) is 9.98 Å². The number of morpholine rings is 1. The van der Waals surface area contributed by atoms with E-state index < -0.39 is 0 Å². The van der Waals surface area contributed by atoms with Crippen molar-refractivity contribution in [1.29, 1.82) is 0 Å². The molecule has 2 heterocycles. The van der Waals surface area contributed by atoms with E-state index >= 15 is 0 Å². The van der Waals surface area contributed by atoms with Gasteiger partial charge in [-0.2, -0.15) is 5.10 Å². The quantitative estimate of drug-likeness (QED) is 0.538. The maximum absolute atomic E-state index is 6.25. The lowest BCUT2D eigenvalue weighted by atomic mass is 10.0. The number of hydrogen-bond donors (Lipinski definition) is 2. The summed E-state index contributed by atoms with van der Waals surface area (Å²) < 4.78 is 7.26. The van der Waals surface area contributed by atoms with Crippen molar-refractivity contribution in [2.24, 2.45) is 12.0 Å². The zero-order valence-electron chi connectivity index (χ0n) is 16.4. The minimum atomic E-state index is 0.182. The summed E-state index contributed by atoms with van der Waals surface area (Å²) in [5.41, 5.74) is 1.19. The fourth-order valence-corrected chi connectivity index (χ4v) is 3.41. The largest absolute Gasteiger partial charge is 0.379 e. The van der Waals surface area contributed by atoms with Crippen LogP contribution in [0.3, 0.4) is 0 Å². The first-order valence-corrected chi connectivity index (χ1v) is 9.97. The van der Waals surface area contributed by atoms with Gasteiger partial charge in [0.25, 0.3) is 0 Å². The van der Waals surface area contributed by atoms with E-state index in [9.17, 15) is 0 Å². The maximum Gasteiger partial charge on any atom is 0.191 e. The number of guanidine groups is 1. The fraction of sp³-hybridized carbons (Fsp3) is 0.526. The summed E-state index contributed by atoms with van der Waals surface area (Å²) in [7, 11) is 1.87. The van der Waals surface area contributed by atoms with E-state index in [0.717, 1.165) is 49.7 Å². The molecule has 0 saturated carbocycles. The highest BCUT2D eigenvalue weighted by Gasteiger charge is 2.23. The van der Waals surface area contributed by atoms with E-state index in [2.05, 4.69) is 43.6 Å². The van der Waals surface area contributed by atoms with Crippen LogP contribution in [0.4, 0.5) is 0 Å². The molecule has 0 amide bonds. The molecule has 2 aromatic rings. The average Bonchev–Trinajstić information content (AvgIpc) is 3.12. The summed E-state index contributed by atoms with van der Waals surface area (Å²) in [6.07, 6.45) is 1.54. The number of aliphatic imine (C=N–C) groups is 1. The topological polar surface area (TPSA) is 79.6 Å². The van der Waals surface area contributed by atoms with Crippen molar-refractivity contribution >= 4 is 17.6 Å². The van der Waals surface area contributed by atoms with Gasteiger partial charge in [-0.05, 0) is 24.6 Å². The van der Waals surface area contributed by atoms with Gasteiger partial charge in [-0.15, -0.1) is 0 Å². The fourth-order valence-electron chi connectivity index (χ4n) is 3.21. The predicted molar refractivity (Wildman–Crippen MR) is 110 cm³/mol. The van der Waals surface area contributed by atoms with Crippen LogP contribution < -0.4 is 10.6 Å². The molecule has 2 N–H and O–H groups in total. The van der Waals surface area contributed by atoms with E-state index in [1.54, 1.807) is 11.0 Å². The number of ether oxygens (including phenoxy) is 1. The van der Waals surface area contributed by atoms with E-state index in [1.807, 2.05) is 25.2 Å². The lowest BCUT2D eigenvalue weighted by Crippen LogP contribution is -2.46. The molecule has 1 aromatic heterocycles. The first-order valence-electron chi connectivity index (χ1n) is 9.59. The van der Waals surface area contributed by atoms with Gasteiger partial charge in [0, 0.05) is 38.2 Å². The molecule has 28 heavy (non-hydrogen) atoms. The standard InChI is InChI=1S/C19H28ClN7O/c1-3-21-19(23-13-18-24-14-25-26(18)2)22-12-17(27-7-9-28-10-8-27)15-5-4-6-16(20)11-15/h4-6,11,14,17H,3,7-10,12-13H2,1-2H3,(H2,21,22,23). The molecular weight excluding hydrogens is 378 g/mol. The Morgan fingerprint density at radius 3 is 2.82 bits per heavy atom. The molecule has 1 fully saturated rings. The Bertz CT molecular complexity index is 773. The maximum atomic E-state index is 6.25. The molecule has 0 spiro atoms. The first kappa shape index (κ1) is 20.6. The second-order valence-electron chi connectivity index (χ2n) is 6.60. The summed E-state index contributed by atoms with van der Waals surface area (Å²) >= 11 is 6.25. The van der Waals surface area contributed by atoms with E-state index in [0.29, 0.717) is 13.1 Å². The van der Waals surface area contributed by atoms with E-state index in [-0.39, 0.29) is 6.04 Å². The number of benzene rings is 1. The highest BCUT2D eigenvalue weighted by Crippen LogP contribution is 2.23. The van der Waals surface area contributed by atoms with Gasteiger partial charge < -0.3 is 15.4 Å². The molecule has 0 aliphatic carbocycles. The molecule has 1 saturated heterocycles. The molecule has 1 atom stereocenters. The van der Waals surface area contributed by atoms with Crippen molar-refractivity contribution in [1.82, 2.24) is 30.3 Å². The van der Waals surface area contributed by atoms with Gasteiger partial charge in [0.15, 0.2) is 5.96 Å². The Balaban J connectivity index is 1.71. The smallest absolute Gasteiger partial charge is 0.191 e. The molecule has 0 bridgehead atoms. The SMILES string of the molecule is CCNC(=NCc1ncnn1C)NCC(c1cccc(Cl)c1)N1CCOCC1. The van der Waals surface area contributed by atoms with Gasteiger partial charge in [0.1, 0.15) is 18.7 Å². The van der Waals surface area contributed by atoms with Crippen molar-refractivity contribution < 1.29 is 4.74 Å². The number of nitrogens with zero attached hydrogens (tertiary/aromatic N) is 5. The van der Waals surface area contributed by atoms with Gasteiger partial charge in [0.05, 0.1) is 19.3 Å². The Kier molecular flexibility index (Phi) is 7.64. The number of aromatic nitrogens is 3. The second-order valence-corrected chi connectivity index (χ2v) is 7.03. The third-order valence-electron chi connectivity index (χ3n) is 4.71. The van der Waals surface area contributed by atoms with Gasteiger partial charge in [-0.1, -0.05) is 23.7 Å². The average molecular weight is 406 g/mol. The van der Waals surface area contributed by atoms with Crippen molar-refractivity contribution in [3.63, 3.8) is 0 Å². The third kappa shape index (κ3) is 5.67. The van der Waals surface area contributed by atoms with Crippen molar-refractivity contribution in [2.75, 3.05) is 39.4 Å². The number of rotatable bonds is 7. The Hall–Kier alpha value is -2.16. The third-order valence-corrected chi connectivity index (χ3v) is 4.95. The van der Waals surface area contributed by atoms with Crippen LogP contribution in [0.2, 0.25) is 5.02 Å². The van der Waals surface area contributed by atoms with Crippen molar-refractivity contribution in [3.8, 4) is 0 Å². The molecule has 1 unspecified atom stereocenters. The zero-order chi connectivity index (χ0) is 19.8. The van der Waals surface area contributed by atoms with Gasteiger partial charge in [-0.3, -0.25) is 9.58 Å². The monoisotopic (exact) mass is 405 g/mol. The van der Waals surface area contributed by atoms with Crippen LogP contribution in [0.15, 0.2) is 35.6 Å². The highest BCUT2D eigenvalue weighted by molar-refractivity contribution is 6.30. The second kappa shape index (κ2) is 10.4. The van der Waals surface area contributed by atoms with Crippen molar-refractivity contribution in [2.45, 2.75) is 19.5 Å². The Morgan fingerprint density at radius 2 is 2.14 bits per heavy atom. The summed E-state index contributed by atoms with van der Waals surface area (Å²) in [6, 6.07) is 8.24. The summed E-state index contributed by atoms with van der Waals surface area (Å²) in [6.45, 7) is 7.29. The van der Waals surface area contributed by atoms with E-state index in [1.165, 1.54) is 5.56 Å². The number of halogens is 1. The molecule has 1 aromatic carbocycles. The van der Waals surface area contributed by atoms with Crippen LogP contribution in [0.5, 0.6) is 0 Å². The molecule has 9 heteroatoms.